The monoisotopic (exact) mass is 638 g/mol. The second-order valence-corrected chi connectivity index (χ2v) is 12.0. The molecular formula is C28H26ClF3N4O4S2. The van der Waals surface area contributed by atoms with Crippen molar-refractivity contribution < 1.29 is 27.6 Å². The molecule has 1 atom stereocenters. The third-order valence-corrected chi connectivity index (χ3v) is 8.48. The number of carbonyl (C=O) groups excluding carboxylic acids is 1. The Morgan fingerprint density at radius 3 is 2.43 bits per heavy atom. The Labute approximate surface area is 254 Å². The summed E-state index contributed by atoms with van der Waals surface area (Å²) in [7, 11) is 0. The van der Waals surface area contributed by atoms with Crippen LogP contribution in [0.15, 0.2) is 82.8 Å². The molecule has 8 nitrogen and oxygen atoms in total. The number of thioether (sulfide) groups is 1. The van der Waals surface area contributed by atoms with Crippen molar-refractivity contribution in [3.8, 4) is 5.75 Å². The third kappa shape index (κ3) is 7.69. The number of hydrogen-bond donors (Lipinski definition) is 0. The van der Waals surface area contributed by atoms with E-state index in [1.807, 2.05) is 25.3 Å². The maximum absolute atomic E-state index is 14.1. The van der Waals surface area contributed by atoms with E-state index in [0.717, 1.165) is 48.2 Å². The minimum atomic E-state index is -4.89. The summed E-state index contributed by atoms with van der Waals surface area (Å²) < 4.78 is 43.4. The smallest absolute Gasteiger partial charge is 0.406 e. The topological polar surface area (TPSA) is 88.3 Å². The molecule has 222 valence electrons. The molecule has 14 heteroatoms. The summed E-state index contributed by atoms with van der Waals surface area (Å²) in [6, 6.07) is 17.1. The van der Waals surface area contributed by atoms with Gasteiger partial charge in [0.25, 0.3) is 5.69 Å². The number of hydrogen-bond acceptors (Lipinski definition) is 7. The Hall–Kier alpha value is -3.42. The molecule has 0 N–H and O–H groups in total. The number of hydrazone groups is 1. The highest BCUT2D eigenvalue weighted by Crippen LogP contribution is 2.40. The van der Waals surface area contributed by atoms with E-state index >= 15 is 0 Å². The van der Waals surface area contributed by atoms with E-state index in [2.05, 4.69) is 4.74 Å². The number of alkyl halides is 3. The van der Waals surface area contributed by atoms with Crippen LogP contribution in [0.4, 0.5) is 29.3 Å². The third-order valence-electron chi connectivity index (χ3n) is 6.44. The predicted molar refractivity (Wildman–Crippen MR) is 160 cm³/mol. The number of benzene rings is 3. The van der Waals surface area contributed by atoms with Crippen molar-refractivity contribution in [3.63, 3.8) is 0 Å². The van der Waals surface area contributed by atoms with E-state index < -0.39 is 28.5 Å². The van der Waals surface area contributed by atoms with Gasteiger partial charge in [0.15, 0.2) is 0 Å². The van der Waals surface area contributed by atoms with Crippen molar-refractivity contribution in [3.05, 3.63) is 93.5 Å². The van der Waals surface area contributed by atoms with Crippen LogP contribution in [0.1, 0.15) is 25.3 Å². The quantitative estimate of drug-likeness (QED) is 0.0956. The van der Waals surface area contributed by atoms with Crippen LogP contribution in [0.25, 0.3) is 0 Å². The molecule has 0 radical (unpaired) electrons. The van der Waals surface area contributed by atoms with Crippen LogP contribution < -0.4 is 9.04 Å². The van der Waals surface area contributed by atoms with Crippen molar-refractivity contribution in [1.82, 2.24) is 5.01 Å². The van der Waals surface area contributed by atoms with Gasteiger partial charge >= 0.3 is 12.4 Å². The average Bonchev–Trinajstić information content (AvgIpc) is 3.29. The maximum atomic E-state index is 14.1. The summed E-state index contributed by atoms with van der Waals surface area (Å²) in [6.45, 7) is 2.25. The van der Waals surface area contributed by atoms with Gasteiger partial charge in [0.1, 0.15) is 10.6 Å². The molecule has 1 aliphatic rings. The van der Waals surface area contributed by atoms with Crippen LogP contribution in [-0.4, -0.2) is 46.6 Å². The maximum Gasteiger partial charge on any atom is 0.573 e. The molecule has 0 saturated carbocycles. The number of nitro benzene ring substituents is 1. The number of urea groups is 1. The molecule has 0 saturated heterocycles. The van der Waals surface area contributed by atoms with Gasteiger partial charge in [-0.15, -0.1) is 13.2 Å². The van der Waals surface area contributed by atoms with E-state index in [0.29, 0.717) is 10.7 Å². The van der Waals surface area contributed by atoms with E-state index in [9.17, 15) is 28.1 Å². The van der Waals surface area contributed by atoms with Gasteiger partial charge in [0.05, 0.1) is 22.9 Å². The first-order valence-corrected chi connectivity index (χ1v) is 15.2. The number of halogens is 4. The molecule has 0 fully saturated rings. The highest BCUT2D eigenvalue weighted by atomic mass is 35.5. The predicted octanol–water partition coefficient (Wildman–Crippen LogP) is 8.65. The summed E-state index contributed by atoms with van der Waals surface area (Å²) in [5.74, 6) is 0.448. The standard InChI is InChI=1S/C28H26ClF3N4O4S2/c1-27(16-5-17-41-2)18-34(33-25(27)19-8-10-20(29)11-9-19)26(37)35(42-24-7-4-3-6-23(24)36(38)39)21-12-14-22(15-13-21)40-28(30,31)32/h3-4,6-15H,5,16-18H2,1-2H3. The molecule has 0 bridgehead atoms. The Balaban J connectivity index is 1.73. The summed E-state index contributed by atoms with van der Waals surface area (Å²) in [5, 5.41) is 18.3. The number of para-hydroxylation sites is 1. The second-order valence-electron chi connectivity index (χ2n) is 9.60. The van der Waals surface area contributed by atoms with Gasteiger partial charge in [-0.2, -0.15) is 16.9 Å². The zero-order chi connectivity index (χ0) is 30.5. The summed E-state index contributed by atoms with van der Waals surface area (Å²) in [4.78, 5) is 25.4. The lowest BCUT2D eigenvalue weighted by Crippen LogP contribution is -2.39. The minimum Gasteiger partial charge on any atom is -0.406 e. The molecule has 4 rings (SSSR count). The Morgan fingerprint density at radius 1 is 1.14 bits per heavy atom. The lowest BCUT2D eigenvalue weighted by molar-refractivity contribution is -0.387. The van der Waals surface area contributed by atoms with Crippen molar-refractivity contribution in [1.29, 1.82) is 0 Å². The van der Waals surface area contributed by atoms with E-state index in [1.165, 1.54) is 39.6 Å². The molecule has 42 heavy (non-hydrogen) atoms. The summed E-state index contributed by atoms with van der Waals surface area (Å²) in [5.41, 5.74) is 0.924. The Morgan fingerprint density at radius 2 is 1.81 bits per heavy atom. The highest BCUT2D eigenvalue weighted by molar-refractivity contribution is 8.01. The number of anilines is 1. The highest BCUT2D eigenvalue weighted by Gasteiger charge is 2.42. The van der Waals surface area contributed by atoms with Crippen LogP contribution in [0.3, 0.4) is 0 Å². The summed E-state index contributed by atoms with van der Waals surface area (Å²) in [6.07, 6.45) is -1.26. The van der Waals surface area contributed by atoms with Crippen LogP contribution in [0.2, 0.25) is 5.02 Å². The summed E-state index contributed by atoms with van der Waals surface area (Å²) >= 11 is 8.60. The first-order valence-electron chi connectivity index (χ1n) is 12.6. The van der Waals surface area contributed by atoms with Crippen LogP contribution in [0, 0.1) is 15.5 Å². The zero-order valence-corrected chi connectivity index (χ0v) is 24.9. The van der Waals surface area contributed by atoms with E-state index in [4.69, 9.17) is 16.7 Å². The van der Waals surface area contributed by atoms with Crippen LogP contribution in [0.5, 0.6) is 5.75 Å². The molecule has 0 spiro atoms. The molecule has 1 unspecified atom stereocenters. The molecule has 2 amide bonds. The lowest BCUT2D eigenvalue weighted by Gasteiger charge is -2.28. The van der Waals surface area contributed by atoms with Gasteiger partial charge in [-0.25, -0.2) is 14.1 Å². The molecule has 0 aromatic heterocycles. The van der Waals surface area contributed by atoms with Gasteiger partial charge < -0.3 is 4.74 Å². The van der Waals surface area contributed by atoms with Crippen molar-refractivity contribution >= 4 is 58.4 Å². The Bertz CT molecular complexity index is 1460. The fraction of sp³-hybridized carbons (Fsp3) is 0.286. The fourth-order valence-corrected chi connectivity index (χ4v) is 6.02. The van der Waals surface area contributed by atoms with E-state index in [1.54, 1.807) is 30.0 Å². The van der Waals surface area contributed by atoms with Gasteiger partial charge in [0.2, 0.25) is 0 Å². The number of rotatable bonds is 10. The first kappa shape index (κ1) is 31.5. The first-order chi connectivity index (χ1) is 19.9. The van der Waals surface area contributed by atoms with Crippen molar-refractivity contribution in [2.75, 3.05) is 22.9 Å². The van der Waals surface area contributed by atoms with Gasteiger partial charge in [-0.05, 0) is 72.9 Å². The van der Waals surface area contributed by atoms with Gasteiger partial charge in [-0.3, -0.25) is 10.1 Å². The largest absolute Gasteiger partial charge is 0.573 e. The number of ether oxygens (including phenoxy) is 1. The molecule has 0 aliphatic carbocycles. The van der Waals surface area contributed by atoms with Crippen molar-refractivity contribution in [2.45, 2.75) is 31.0 Å². The van der Waals surface area contributed by atoms with Gasteiger partial charge in [0, 0.05) is 28.5 Å². The van der Waals surface area contributed by atoms with Crippen LogP contribution >= 0.6 is 35.3 Å². The number of nitrogens with zero attached hydrogens (tertiary/aromatic N) is 4. The number of amides is 2. The fourth-order valence-electron chi connectivity index (χ4n) is 4.48. The minimum absolute atomic E-state index is 0.162. The van der Waals surface area contributed by atoms with E-state index in [-0.39, 0.29) is 22.8 Å². The van der Waals surface area contributed by atoms with Gasteiger partial charge in [-0.1, -0.05) is 42.8 Å². The average molecular weight is 639 g/mol. The van der Waals surface area contributed by atoms with Crippen LogP contribution in [-0.2, 0) is 0 Å². The SMILES string of the molecule is CSCCCC1(C)CN(C(=O)N(Sc2ccccc2[N+](=O)[O-])c2ccc(OC(F)(F)F)cc2)N=C1c1ccc(Cl)cc1. The lowest BCUT2D eigenvalue weighted by atomic mass is 9.78. The second kappa shape index (κ2) is 13.3. The normalized spacial score (nSPS) is 16.7. The van der Waals surface area contributed by atoms with Crippen molar-refractivity contribution in [2.24, 2.45) is 10.5 Å². The molecular weight excluding hydrogens is 613 g/mol. The molecule has 3 aromatic carbocycles. The molecule has 1 heterocycles. The zero-order valence-electron chi connectivity index (χ0n) is 22.5. The molecule has 1 aliphatic heterocycles. The Kier molecular flexibility index (Phi) is 9.95. The number of nitro groups is 1. The molecule has 3 aromatic rings. The number of carbonyl (C=O) groups is 1.